The highest BCUT2D eigenvalue weighted by Crippen LogP contribution is 2.36. The van der Waals surface area contributed by atoms with Crippen molar-refractivity contribution in [3.8, 4) is 18.2 Å². The van der Waals surface area contributed by atoms with Crippen molar-refractivity contribution in [1.29, 1.82) is 15.8 Å². The van der Waals surface area contributed by atoms with Crippen LogP contribution in [0.3, 0.4) is 0 Å². The van der Waals surface area contributed by atoms with Crippen LogP contribution in [0.4, 0.5) is 0 Å². The molecule has 0 aromatic heterocycles. The van der Waals surface area contributed by atoms with Crippen LogP contribution in [0.25, 0.3) is 0 Å². The van der Waals surface area contributed by atoms with Gasteiger partial charge in [0, 0.05) is 16.4 Å². The predicted molar refractivity (Wildman–Crippen MR) is 148 cm³/mol. The van der Waals surface area contributed by atoms with Gasteiger partial charge in [-0.2, -0.15) is 15.8 Å². The van der Waals surface area contributed by atoms with Gasteiger partial charge in [-0.15, -0.1) is 0 Å². The molecule has 5 heteroatoms. The molecule has 0 bridgehead atoms. The van der Waals surface area contributed by atoms with Gasteiger partial charge in [0.25, 0.3) is 0 Å². The molecule has 1 N–H and O–H groups in total. The quantitative estimate of drug-likeness (QED) is 0.222. The largest absolute Gasteiger partial charge is 0.305 e. The average molecular weight is 572 g/mol. The smallest absolute Gasteiger partial charge is 0.0991 e. The Balaban J connectivity index is 2.00. The van der Waals surface area contributed by atoms with Crippen molar-refractivity contribution in [3.63, 3.8) is 0 Å². The Hall–Kier alpha value is -3.18. The van der Waals surface area contributed by atoms with E-state index in [1.165, 1.54) is 11.1 Å². The van der Waals surface area contributed by atoms with Crippen LogP contribution in [0.1, 0.15) is 66.1 Å². The van der Waals surface area contributed by atoms with Gasteiger partial charge in [0.2, 0.25) is 0 Å². The highest BCUT2D eigenvalue weighted by Gasteiger charge is 2.34. The van der Waals surface area contributed by atoms with Gasteiger partial charge in [-0.25, -0.2) is 0 Å². The minimum absolute atomic E-state index is 0.0171. The van der Waals surface area contributed by atoms with Crippen LogP contribution >= 0.6 is 22.6 Å². The standard InChI is InChI=1S/C30H29IN4/c1-21(35-29(30(2,3)20-34)27-9-5-7-25(15-27)19-33)28(26-8-4-6-24(14-26)18-32)16-22-10-12-23(17-31)13-11-22/h4-15,21,28-29,35H,16-17H2,1-3H3/t21-,28+,29?/m0/s1. The Morgan fingerprint density at radius 3 is 1.91 bits per heavy atom. The Morgan fingerprint density at radius 1 is 0.829 bits per heavy atom. The fraction of sp³-hybridized carbons (Fsp3) is 0.300. The van der Waals surface area contributed by atoms with Gasteiger partial charge < -0.3 is 5.32 Å². The lowest BCUT2D eigenvalue weighted by atomic mass is 9.79. The summed E-state index contributed by atoms with van der Waals surface area (Å²) in [6.07, 6.45) is 0.794. The van der Waals surface area contributed by atoms with Crippen molar-refractivity contribution < 1.29 is 0 Å². The first-order valence-corrected chi connectivity index (χ1v) is 13.1. The van der Waals surface area contributed by atoms with E-state index in [9.17, 15) is 15.8 Å². The molecule has 0 aliphatic heterocycles. The van der Waals surface area contributed by atoms with E-state index in [1.54, 1.807) is 6.07 Å². The van der Waals surface area contributed by atoms with E-state index in [4.69, 9.17) is 0 Å². The molecule has 0 radical (unpaired) electrons. The second-order valence-electron chi connectivity index (χ2n) is 9.46. The number of nitrogens with zero attached hydrogens (tertiary/aromatic N) is 3. The van der Waals surface area contributed by atoms with Crippen LogP contribution in [0.5, 0.6) is 0 Å². The number of nitriles is 3. The van der Waals surface area contributed by atoms with Gasteiger partial charge in [0.1, 0.15) is 0 Å². The third kappa shape index (κ3) is 6.70. The molecule has 0 aliphatic rings. The third-order valence-corrected chi connectivity index (χ3v) is 7.35. The first-order valence-electron chi connectivity index (χ1n) is 11.6. The molecular weight excluding hydrogens is 543 g/mol. The molecule has 0 amide bonds. The molecule has 0 saturated carbocycles. The van der Waals surface area contributed by atoms with Crippen molar-refractivity contribution in [2.75, 3.05) is 0 Å². The fourth-order valence-electron chi connectivity index (χ4n) is 4.39. The van der Waals surface area contributed by atoms with Gasteiger partial charge >= 0.3 is 0 Å². The van der Waals surface area contributed by atoms with Gasteiger partial charge in [-0.05, 0) is 73.7 Å². The second-order valence-corrected chi connectivity index (χ2v) is 10.2. The molecule has 3 aromatic carbocycles. The summed E-state index contributed by atoms with van der Waals surface area (Å²) in [6, 6.07) is 30.6. The molecule has 176 valence electrons. The topological polar surface area (TPSA) is 83.4 Å². The molecule has 3 rings (SSSR count). The van der Waals surface area contributed by atoms with Gasteiger partial charge in [0.05, 0.1) is 40.8 Å². The summed E-state index contributed by atoms with van der Waals surface area (Å²) in [5, 5.41) is 32.6. The van der Waals surface area contributed by atoms with E-state index < -0.39 is 5.41 Å². The molecule has 0 heterocycles. The molecule has 3 aromatic rings. The number of hydrogen-bond acceptors (Lipinski definition) is 4. The fourth-order valence-corrected chi connectivity index (χ4v) is 4.90. The summed E-state index contributed by atoms with van der Waals surface area (Å²) in [5.74, 6) is 0.0740. The molecule has 35 heavy (non-hydrogen) atoms. The Kier molecular flexibility index (Phi) is 9.05. The lowest BCUT2D eigenvalue weighted by molar-refractivity contribution is 0.281. The molecular formula is C30H29IN4. The van der Waals surface area contributed by atoms with E-state index in [0.29, 0.717) is 11.1 Å². The summed E-state index contributed by atoms with van der Waals surface area (Å²) >= 11 is 2.37. The molecule has 0 spiro atoms. The van der Waals surface area contributed by atoms with E-state index in [0.717, 1.165) is 22.0 Å². The number of halogens is 1. The molecule has 3 atom stereocenters. The molecule has 0 aliphatic carbocycles. The number of rotatable bonds is 9. The van der Waals surface area contributed by atoms with Crippen molar-refractivity contribution in [2.45, 2.75) is 49.6 Å². The van der Waals surface area contributed by atoms with Crippen LogP contribution < -0.4 is 5.32 Å². The molecule has 0 fully saturated rings. The second kappa shape index (κ2) is 12.0. The summed E-state index contributed by atoms with van der Waals surface area (Å²) in [5.41, 5.74) is 5.02. The Bertz CT molecular complexity index is 1280. The first-order chi connectivity index (χ1) is 16.8. The van der Waals surface area contributed by atoms with Crippen LogP contribution in [0.2, 0.25) is 0 Å². The number of nitrogens with one attached hydrogen (secondary N) is 1. The summed E-state index contributed by atoms with van der Waals surface area (Å²) in [7, 11) is 0. The van der Waals surface area contributed by atoms with Crippen molar-refractivity contribution in [1.82, 2.24) is 5.32 Å². The Labute approximate surface area is 222 Å². The van der Waals surface area contributed by atoms with Gasteiger partial charge in [-0.1, -0.05) is 71.1 Å². The third-order valence-electron chi connectivity index (χ3n) is 6.47. The minimum atomic E-state index is -0.705. The monoisotopic (exact) mass is 572 g/mol. The molecule has 1 unspecified atom stereocenters. The van der Waals surface area contributed by atoms with Crippen molar-refractivity contribution in [2.24, 2.45) is 5.41 Å². The number of alkyl halides is 1. The predicted octanol–water partition coefficient (Wildman–Crippen LogP) is 6.96. The van der Waals surface area contributed by atoms with Crippen LogP contribution in [0, 0.1) is 39.4 Å². The van der Waals surface area contributed by atoms with E-state index in [-0.39, 0.29) is 18.0 Å². The van der Waals surface area contributed by atoms with Gasteiger partial charge in [0.15, 0.2) is 0 Å². The van der Waals surface area contributed by atoms with Gasteiger partial charge in [-0.3, -0.25) is 0 Å². The normalized spacial score (nSPS) is 13.6. The summed E-state index contributed by atoms with van der Waals surface area (Å²) in [6.45, 7) is 5.98. The average Bonchev–Trinajstić information content (AvgIpc) is 2.90. The van der Waals surface area contributed by atoms with Crippen molar-refractivity contribution >= 4 is 22.6 Å². The zero-order valence-corrected chi connectivity index (χ0v) is 22.5. The van der Waals surface area contributed by atoms with E-state index in [1.807, 2.05) is 50.2 Å². The van der Waals surface area contributed by atoms with Crippen LogP contribution in [-0.4, -0.2) is 6.04 Å². The lowest BCUT2D eigenvalue weighted by Gasteiger charge is -2.36. The maximum atomic E-state index is 9.98. The minimum Gasteiger partial charge on any atom is -0.305 e. The summed E-state index contributed by atoms with van der Waals surface area (Å²) in [4.78, 5) is 0. The maximum Gasteiger partial charge on any atom is 0.0991 e. The maximum absolute atomic E-state index is 9.98. The lowest BCUT2D eigenvalue weighted by Crippen LogP contribution is -2.42. The van der Waals surface area contributed by atoms with E-state index in [2.05, 4.69) is 83.4 Å². The first kappa shape index (κ1) is 26.4. The summed E-state index contributed by atoms with van der Waals surface area (Å²) < 4.78 is 0.969. The van der Waals surface area contributed by atoms with Crippen LogP contribution in [-0.2, 0) is 10.8 Å². The van der Waals surface area contributed by atoms with E-state index >= 15 is 0 Å². The zero-order valence-electron chi connectivity index (χ0n) is 20.3. The SMILES string of the molecule is C[C@H](NC(c1cccc(C#N)c1)C(C)(C)C#N)[C@@H](Cc1ccc(CI)cc1)c1cccc(C#N)c1. The Morgan fingerprint density at radius 2 is 1.37 bits per heavy atom. The molecule has 0 saturated heterocycles. The highest BCUT2D eigenvalue weighted by atomic mass is 127. The number of benzene rings is 3. The zero-order chi connectivity index (χ0) is 25.4. The van der Waals surface area contributed by atoms with Crippen LogP contribution in [0.15, 0.2) is 72.8 Å². The van der Waals surface area contributed by atoms with Crippen molar-refractivity contribution in [3.05, 3.63) is 106 Å². The highest BCUT2D eigenvalue weighted by molar-refractivity contribution is 14.1. The molecule has 4 nitrogen and oxygen atoms in total. The number of hydrogen-bond donors (Lipinski definition) is 1.